The van der Waals surface area contributed by atoms with E-state index in [-0.39, 0.29) is 18.0 Å². The van der Waals surface area contributed by atoms with E-state index in [2.05, 4.69) is 33.0 Å². The van der Waals surface area contributed by atoms with Crippen LogP contribution in [0.25, 0.3) is 0 Å². The van der Waals surface area contributed by atoms with E-state index in [9.17, 15) is 4.79 Å². The predicted molar refractivity (Wildman–Crippen MR) is 99.2 cm³/mol. The van der Waals surface area contributed by atoms with E-state index in [0.717, 1.165) is 24.3 Å². The Morgan fingerprint density at radius 3 is 2.68 bits per heavy atom. The van der Waals surface area contributed by atoms with E-state index in [4.69, 9.17) is 4.74 Å². The first-order valence-electron chi connectivity index (χ1n) is 10.8. The molecular weight excluding hydrogens is 310 g/mol. The number of carbonyl (C=O) groups is 1. The molecule has 0 aromatic heterocycles. The van der Waals surface area contributed by atoms with Gasteiger partial charge in [0.1, 0.15) is 12.1 Å². The summed E-state index contributed by atoms with van der Waals surface area (Å²) in [5.74, 6) is 2.76. The van der Waals surface area contributed by atoms with Crippen molar-refractivity contribution in [2.24, 2.45) is 29.6 Å². The molecule has 2 aliphatic carbocycles. The summed E-state index contributed by atoms with van der Waals surface area (Å²) in [5, 5.41) is 0. The van der Waals surface area contributed by atoms with Gasteiger partial charge in [-0.05, 0) is 63.4 Å². The summed E-state index contributed by atoms with van der Waals surface area (Å²) in [4.78, 5) is 14.1. The van der Waals surface area contributed by atoms with E-state index < -0.39 is 0 Å². The Morgan fingerprint density at radius 2 is 1.84 bits per heavy atom. The summed E-state index contributed by atoms with van der Waals surface area (Å²) in [5.41, 5.74) is 0. The van der Waals surface area contributed by atoms with Crippen LogP contribution in [-0.2, 0) is 9.53 Å². The fourth-order valence-electron chi connectivity index (χ4n) is 6.56. The molecule has 0 bridgehead atoms. The zero-order chi connectivity index (χ0) is 17.6. The highest BCUT2D eigenvalue weighted by Crippen LogP contribution is 2.53. The van der Waals surface area contributed by atoms with Crippen LogP contribution in [0, 0.1) is 29.6 Å². The van der Waals surface area contributed by atoms with Crippen molar-refractivity contribution in [3.05, 3.63) is 12.2 Å². The molecule has 0 spiro atoms. The first kappa shape index (κ1) is 17.6. The SMILES string of the molecule is C[C@@H]1OC(=O)[C@H]2C[C@H]3CCCC[C@@H]3[C@@H](/C=C/[C@H]3CCC[C@H](C)[NH+]3C)[C@@H]12. The number of carbonyl (C=O) groups excluding carboxylic acids is 1. The van der Waals surface area contributed by atoms with E-state index in [1.54, 1.807) is 4.90 Å². The minimum atomic E-state index is 0.0916. The lowest BCUT2D eigenvalue weighted by atomic mass is 9.57. The number of nitrogens with one attached hydrogen (secondary N) is 1. The first-order valence-corrected chi connectivity index (χ1v) is 10.8. The molecule has 3 heteroatoms. The lowest BCUT2D eigenvalue weighted by Gasteiger charge is -2.46. The molecule has 4 aliphatic rings. The van der Waals surface area contributed by atoms with Crippen molar-refractivity contribution >= 4 is 5.97 Å². The van der Waals surface area contributed by atoms with E-state index in [1.165, 1.54) is 44.9 Å². The fraction of sp³-hybridized carbons (Fsp3) is 0.864. The second-order valence-corrected chi connectivity index (χ2v) is 9.41. The van der Waals surface area contributed by atoms with Gasteiger partial charge in [-0.15, -0.1) is 0 Å². The van der Waals surface area contributed by atoms with Crippen LogP contribution in [0.4, 0.5) is 0 Å². The summed E-state index contributed by atoms with van der Waals surface area (Å²) in [6.45, 7) is 4.52. The lowest BCUT2D eigenvalue weighted by molar-refractivity contribution is -0.927. The van der Waals surface area contributed by atoms with Crippen molar-refractivity contribution < 1.29 is 14.4 Å². The average molecular weight is 347 g/mol. The van der Waals surface area contributed by atoms with Crippen molar-refractivity contribution in [2.45, 2.75) is 83.4 Å². The highest BCUT2D eigenvalue weighted by atomic mass is 16.6. The topological polar surface area (TPSA) is 30.7 Å². The Hall–Kier alpha value is -0.830. The van der Waals surface area contributed by atoms with Gasteiger partial charge in [0.15, 0.2) is 0 Å². The Balaban J connectivity index is 1.57. The minimum Gasteiger partial charge on any atom is -0.462 e. The van der Waals surface area contributed by atoms with Crippen LogP contribution in [0.5, 0.6) is 0 Å². The maximum absolute atomic E-state index is 12.4. The normalized spacial score (nSPS) is 50.4. The molecule has 140 valence electrons. The van der Waals surface area contributed by atoms with Gasteiger partial charge in [-0.2, -0.15) is 0 Å². The second-order valence-electron chi connectivity index (χ2n) is 9.41. The molecule has 25 heavy (non-hydrogen) atoms. The van der Waals surface area contributed by atoms with Gasteiger partial charge in [0.25, 0.3) is 0 Å². The van der Waals surface area contributed by atoms with Gasteiger partial charge in [-0.3, -0.25) is 4.79 Å². The quantitative estimate of drug-likeness (QED) is 0.615. The summed E-state index contributed by atoms with van der Waals surface area (Å²) in [6, 6.07) is 1.42. The molecule has 1 unspecified atom stereocenters. The molecule has 2 heterocycles. The van der Waals surface area contributed by atoms with Crippen LogP contribution < -0.4 is 4.90 Å². The third kappa shape index (κ3) is 3.18. The number of fused-ring (bicyclic) bond motifs is 2. The largest absolute Gasteiger partial charge is 0.462 e. The molecule has 9 atom stereocenters. The number of likely N-dealkylation sites (tertiary alicyclic amines) is 1. The highest BCUT2D eigenvalue weighted by molar-refractivity contribution is 5.75. The zero-order valence-electron chi connectivity index (χ0n) is 16.2. The van der Waals surface area contributed by atoms with Crippen molar-refractivity contribution in [1.82, 2.24) is 0 Å². The Labute approximate surface area is 153 Å². The fourth-order valence-corrected chi connectivity index (χ4v) is 6.56. The Morgan fingerprint density at radius 1 is 1.04 bits per heavy atom. The van der Waals surface area contributed by atoms with Crippen molar-refractivity contribution in [2.75, 3.05) is 7.05 Å². The third-order valence-corrected chi connectivity index (χ3v) is 8.15. The molecule has 4 rings (SSSR count). The molecule has 4 fully saturated rings. The molecule has 0 amide bonds. The minimum absolute atomic E-state index is 0.0916. The second kappa shape index (κ2) is 7.06. The smallest absolute Gasteiger partial charge is 0.309 e. The summed E-state index contributed by atoms with van der Waals surface area (Å²) in [7, 11) is 2.36. The van der Waals surface area contributed by atoms with Gasteiger partial charge in [-0.1, -0.05) is 25.3 Å². The molecule has 0 radical (unpaired) electrons. The number of hydrogen-bond donors (Lipinski definition) is 1. The summed E-state index contributed by atoms with van der Waals surface area (Å²) >= 11 is 0. The molecule has 0 aromatic rings. The Bertz CT molecular complexity index is 530. The van der Waals surface area contributed by atoms with Gasteiger partial charge in [-0.25, -0.2) is 0 Å². The number of esters is 1. The first-order chi connectivity index (χ1) is 12.1. The number of cyclic esters (lactones) is 1. The summed E-state index contributed by atoms with van der Waals surface area (Å²) < 4.78 is 5.70. The van der Waals surface area contributed by atoms with Crippen LogP contribution in [0.15, 0.2) is 12.2 Å². The zero-order valence-corrected chi connectivity index (χ0v) is 16.2. The third-order valence-electron chi connectivity index (χ3n) is 8.15. The molecule has 1 N–H and O–H groups in total. The van der Waals surface area contributed by atoms with Gasteiger partial charge in [0, 0.05) is 12.3 Å². The van der Waals surface area contributed by atoms with Gasteiger partial charge in [0.05, 0.1) is 19.0 Å². The van der Waals surface area contributed by atoms with Crippen LogP contribution >= 0.6 is 0 Å². The van der Waals surface area contributed by atoms with Crippen molar-refractivity contribution in [3.63, 3.8) is 0 Å². The van der Waals surface area contributed by atoms with Crippen LogP contribution in [0.2, 0.25) is 0 Å². The molecule has 2 aliphatic heterocycles. The number of quaternary nitrogens is 1. The number of rotatable bonds is 2. The van der Waals surface area contributed by atoms with Crippen LogP contribution in [0.3, 0.4) is 0 Å². The maximum atomic E-state index is 12.4. The van der Waals surface area contributed by atoms with Gasteiger partial charge < -0.3 is 9.64 Å². The van der Waals surface area contributed by atoms with Gasteiger partial charge >= 0.3 is 5.97 Å². The Kier molecular flexibility index (Phi) is 4.96. The van der Waals surface area contributed by atoms with Crippen molar-refractivity contribution in [1.29, 1.82) is 0 Å². The molecular formula is C22H36NO2+. The molecule has 0 aromatic carbocycles. The molecule has 2 saturated heterocycles. The number of hydrogen-bond acceptors (Lipinski definition) is 2. The monoisotopic (exact) mass is 346 g/mol. The van der Waals surface area contributed by atoms with E-state index in [0.29, 0.717) is 17.9 Å². The summed E-state index contributed by atoms with van der Waals surface area (Å²) in [6.07, 6.45) is 15.7. The number of likely N-dealkylation sites (N-methyl/N-ethyl adjacent to an activating group) is 1. The van der Waals surface area contributed by atoms with Crippen LogP contribution in [-0.4, -0.2) is 31.2 Å². The number of ether oxygens (including phenoxy) is 1. The van der Waals surface area contributed by atoms with Crippen LogP contribution in [0.1, 0.15) is 65.2 Å². The number of allylic oxidation sites excluding steroid dienone is 1. The van der Waals surface area contributed by atoms with E-state index >= 15 is 0 Å². The lowest BCUT2D eigenvalue weighted by Crippen LogP contribution is -3.16. The predicted octanol–water partition coefficient (Wildman–Crippen LogP) is 3.00. The maximum Gasteiger partial charge on any atom is 0.309 e. The van der Waals surface area contributed by atoms with Gasteiger partial charge in [0.2, 0.25) is 0 Å². The molecule has 3 nitrogen and oxygen atoms in total. The highest BCUT2D eigenvalue weighted by Gasteiger charge is 2.53. The standard InChI is InChI=1S/C22H35NO2/c1-14-7-6-9-17(23(14)3)11-12-19-18-10-5-4-8-16(18)13-20-21(19)15(2)25-22(20)24/h11-12,14-21H,4-10,13H2,1-3H3/p+1/b12-11+/t14-,15-,16+,17+,18-,19+,20-,21+/m0/s1. The van der Waals surface area contributed by atoms with Crippen molar-refractivity contribution in [3.8, 4) is 0 Å². The number of piperidine rings is 1. The average Bonchev–Trinajstić information content (AvgIpc) is 2.89. The van der Waals surface area contributed by atoms with E-state index in [1.807, 2.05) is 0 Å². The molecule has 2 saturated carbocycles.